The first kappa shape index (κ1) is 14.3. The van der Waals surface area contributed by atoms with Crippen molar-refractivity contribution in [1.29, 1.82) is 0 Å². The Morgan fingerprint density at radius 1 is 0.850 bits per heavy atom. The minimum Gasteiger partial charge on any atom is -0.497 e. The van der Waals surface area contributed by atoms with E-state index >= 15 is 0 Å². The number of aliphatic hydroxyl groups is 1. The maximum atomic E-state index is 13.8. The van der Waals surface area contributed by atoms with Crippen molar-refractivity contribution in [3.63, 3.8) is 0 Å². The van der Waals surface area contributed by atoms with Crippen LogP contribution in [0.3, 0.4) is 0 Å². The molecule has 0 radical (unpaired) electrons. The van der Waals surface area contributed by atoms with E-state index in [9.17, 15) is 22.7 Å². The molecule has 2 nitrogen and oxygen atoms in total. The van der Waals surface area contributed by atoms with Gasteiger partial charge in [0.25, 0.3) is 0 Å². The monoisotopic (exact) mass is 286 g/mol. The van der Waals surface area contributed by atoms with Crippen molar-refractivity contribution >= 4 is 0 Å². The molecule has 0 bridgehead atoms. The lowest BCUT2D eigenvalue weighted by atomic mass is 10.00. The molecule has 0 fully saturated rings. The number of ether oxygens (including phenoxy) is 1. The van der Waals surface area contributed by atoms with Crippen LogP contribution in [-0.2, 0) is 0 Å². The van der Waals surface area contributed by atoms with Crippen LogP contribution < -0.4 is 4.74 Å². The van der Waals surface area contributed by atoms with Gasteiger partial charge in [-0.15, -0.1) is 0 Å². The summed E-state index contributed by atoms with van der Waals surface area (Å²) in [7, 11) is 1.33. The Morgan fingerprint density at radius 3 is 2.05 bits per heavy atom. The van der Waals surface area contributed by atoms with E-state index in [1.165, 1.54) is 19.2 Å². The predicted molar refractivity (Wildman–Crippen MR) is 63.3 cm³/mol. The Balaban J connectivity index is 2.46. The molecule has 0 saturated carbocycles. The molecule has 106 valence electrons. The first-order chi connectivity index (χ1) is 9.43. The lowest BCUT2D eigenvalue weighted by molar-refractivity contribution is 0.208. The van der Waals surface area contributed by atoms with Crippen molar-refractivity contribution < 1.29 is 27.4 Å². The van der Waals surface area contributed by atoms with Crippen LogP contribution in [-0.4, -0.2) is 12.2 Å². The summed E-state index contributed by atoms with van der Waals surface area (Å²) in [6, 6.07) is 4.34. The normalized spacial score (nSPS) is 12.3. The number of aliphatic hydroxyl groups excluding tert-OH is 1. The van der Waals surface area contributed by atoms with Crippen molar-refractivity contribution in [3.8, 4) is 5.75 Å². The van der Waals surface area contributed by atoms with E-state index < -0.39 is 34.9 Å². The predicted octanol–water partition coefficient (Wildman–Crippen LogP) is 3.33. The Hall–Kier alpha value is -2.08. The molecule has 1 unspecified atom stereocenters. The maximum absolute atomic E-state index is 13.8. The van der Waals surface area contributed by atoms with Crippen molar-refractivity contribution in [2.45, 2.75) is 6.10 Å². The van der Waals surface area contributed by atoms with E-state index in [0.717, 1.165) is 6.07 Å². The first-order valence-electron chi connectivity index (χ1n) is 5.60. The first-order valence-corrected chi connectivity index (χ1v) is 5.60. The van der Waals surface area contributed by atoms with E-state index in [-0.39, 0.29) is 11.3 Å². The summed E-state index contributed by atoms with van der Waals surface area (Å²) in [5.41, 5.74) is -0.816. The van der Waals surface area contributed by atoms with Gasteiger partial charge in [-0.25, -0.2) is 17.6 Å². The van der Waals surface area contributed by atoms with Crippen molar-refractivity contribution in [2.75, 3.05) is 7.11 Å². The molecule has 0 aromatic heterocycles. The van der Waals surface area contributed by atoms with Gasteiger partial charge in [-0.2, -0.15) is 0 Å². The molecule has 0 amide bonds. The maximum Gasteiger partial charge on any atom is 0.161 e. The molecule has 1 atom stereocenters. The zero-order valence-electron chi connectivity index (χ0n) is 10.3. The number of rotatable bonds is 3. The van der Waals surface area contributed by atoms with Gasteiger partial charge in [0.1, 0.15) is 23.5 Å². The highest BCUT2D eigenvalue weighted by molar-refractivity contribution is 5.36. The van der Waals surface area contributed by atoms with Gasteiger partial charge in [-0.05, 0) is 18.2 Å². The van der Waals surface area contributed by atoms with Crippen LogP contribution in [0.5, 0.6) is 5.75 Å². The van der Waals surface area contributed by atoms with Gasteiger partial charge in [0.2, 0.25) is 0 Å². The van der Waals surface area contributed by atoms with Gasteiger partial charge < -0.3 is 9.84 Å². The summed E-state index contributed by atoms with van der Waals surface area (Å²) in [6.07, 6.45) is -1.75. The third-order valence-electron chi connectivity index (χ3n) is 2.84. The molecule has 0 aliphatic heterocycles. The zero-order valence-corrected chi connectivity index (χ0v) is 10.3. The van der Waals surface area contributed by atoms with Gasteiger partial charge in [-0.1, -0.05) is 0 Å². The number of hydrogen-bond acceptors (Lipinski definition) is 2. The second-order valence-electron chi connectivity index (χ2n) is 4.08. The topological polar surface area (TPSA) is 29.5 Å². The fourth-order valence-corrected chi connectivity index (χ4v) is 1.77. The van der Waals surface area contributed by atoms with Gasteiger partial charge in [-0.3, -0.25) is 0 Å². The van der Waals surface area contributed by atoms with Crippen LogP contribution in [0.1, 0.15) is 17.2 Å². The molecular formula is C14H10F4O2. The number of halogens is 4. The number of benzene rings is 2. The fourth-order valence-electron chi connectivity index (χ4n) is 1.77. The summed E-state index contributed by atoms with van der Waals surface area (Å²) in [6.45, 7) is 0. The van der Waals surface area contributed by atoms with Crippen LogP contribution in [0.15, 0.2) is 30.3 Å². The van der Waals surface area contributed by atoms with E-state index in [0.29, 0.717) is 12.1 Å². The summed E-state index contributed by atoms with van der Waals surface area (Å²) >= 11 is 0. The highest BCUT2D eigenvalue weighted by Crippen LogP contribution is 2.29. The van der Waals surface area contributed by atoms with Crippen LogP contribution >= 0.6 is 0 Å². The van der Waals surface area contributed by atoms with Crippen LogP contribution in [0.2, 0.25) is 0 Å². The molecule has 0 spiro atoms. The molecular weight excluding hydrogens is 276 g/mol. The molecule has 20 heavy (non-hydrogen) atoms. The summed E-state index contributed by atoms with van der Waals surface area (Å²) < 4.78 is 58.0. The van der Waals surface area contributed by atoms with Gasteiger partial charge >= 0.3 is 0 Å². The Morgan fingerprint density at radius 2 is 1.45 bits per heavy atom. The molecule has 0 aliphatic rings. The molecule has 2 aromatic carbocycles. The second kappa shape index (κ2) is 5.50. The van der Waals surface area contributed by atoms with E-state index in [4.69, 9.17) is 4.74 Å². The molecule has 0 saturated heterocycles. The molecule has 0 heterocycles. The Bertz CT molecular complexity index is 643. The number of methoxy groups -OCH3 is 1. The van der Waals surface area contributed by atoms with Crippen molar-refractivity contribution in [3.05, 3.63) is 64.7 Å². The average molecular weight is 286 g/mol. The Kier molecular flexibility index (Phi) is 3.94. The SMILES string of the molecule is COc1ccc(C(O)c2cc(F)c(F)cc2F)c(F)c1. The minimum absolute atomic E-state index is 0.212. The minimum atomic E-state index is -1.75. The molecule has 0 aliphatic carbocycles. The quantitative estimate of drug-likeness (QED) is 0.692. The highest BCUT2D eigenvalue weighted by Gasteiger charge is 2.21. The molecule has 2 aromatic rings. The summed E-state index contributed by atoms with van der Waals surface area (Å²) in [5.74, 6) is -4.50. The van der Waals surface area contributed by atoms with Gasteiger partial charge in [0.15, 0.2) is 11.6 Å². The third-order valence-corrected chi connectivity index (χ3v) is 2.84. The number of hydrogen-bond donors (Lipinski definition) is 1. The fraction of sp³-hybridized carbons (Fsp3) is 0.143. The van der Waals surface area contributed by atoms with Crippen LogP contribution in [0.25, 0.3) is 0 Å². The molecule has 6 heteroatoms. The average Bonchev–Trinajstić information content (AvgIpc) is 2.42. The van der Waals surface area contributed by atoms with E-state index in [2.05, 4.69) is 0 Å². The van der Waals surface area contributed by atoms with E-state index in [1.807, 2.05) is 0 Å². The van der Waals surface area contributed by atoms with Crippen molar-refractivity contribution in [1.82, 2.24) is 0 Å². The largest absolute Gasteiger partial charge is 0.497 e. The molecule has 1 N–H and O–H groups in total. The summed E-state index contributed by atoms with van der Waals surface area (Å²) in [5, 5.41) is 9.92. The van der Waals surface area contributed by atoms with Crippen LogP contribution in [0, 0.1) is 23.3 Å². The standard InChI is InChI=1S/C14H10F4O2/c1-20-7-2-3-8(10(15)4-7)14(19)9-5-12(17)13(18)6-11(9)16/h2-6,14,19H,1H3. The van der Waals surface area contributed by atoms with Crippen LogP contribution in [0.4, 0.5) is 17.6 Å². The zero-order chi connectivity index (χ0) is 14.9. The lowest BCUT2D eigenvalue weighted by Crippen LogP contribution is -2.07. The third kappa shape index (κ3) is 2.60. The molecule has 2 rings (SSSR count). The lowest BCUT2D eigenvalue weighted by Gasteiger charge is -2.14. The second-order valence-corrected chi connectivity index (χ2v) is 4.08. The van der Waals surface area contributed by atoms with Gasteiger partial charge in [0, 0.05) is 23.3 Å². The Labute approximate surface area is 112 Å². The van der Waals surface area contributed by atoms with Gasteiger partial charge in [0.05, 0.1) is 7.11 Å². The van der Waals surface area contributed by atoms with Crippen molar-refractivity contribution in [2.24, 2.45) is 0 Å². The highest BCUT2D eigenvalue weighted by atomic mass is 19.2. The smallest absolute Gasteiger partial charge is 0.161 e. The summed E-state index contributed by atoms with van der Waals surface area (Å²) in [4.78, 5) is 0. The van der Waals surface area contributed by atoms with E-state index in [1.54, 1.807) is 0 Å².